The van der Waals surface area contributed by atoms with Crippen LogP contribution in [0.5, 0.6) is 5.75 Å². The molecule has 2 fully saturated rings. The number of nitrogens with zero attached hydrogens (tertiary/aromatic N) is 4. The van der Waals surface area contributed by atoms with Gasteiger partial charge in [-0.15, -0.1) is 6.58 Å². The van der Waals surface area contributed by atoms with E-state index in [1.807, 2.05) is 42.5 Å². The molecule has 3 heterocycles. The van der Waals surface area contributed by atoms with Crippen molar-refractivity contribution in [3.05, 3.63) is 72.6 Å². The minimum absolute atomic E-state index is 0.0587. The second kappa shape index (κ2) is 11.8. The number of hydrogen-bond acceptors (Lipinski definition) is 6. The highest BCUT2D eigenvalue weighted by molar-refractivity contribution is 5.91. The Hall–Kier alpha value is -3.72. The highest BCUT2D eigenvalue weighted by atomic mass is 16.5. The van der Waals surface area contributed by atoms with Gasteiger partial charge in [-0.1, -0.05) is 24.3 Å². The van der Waals surface area contributed by atoms with E-state index in [4.69, 9.17) is 9.47 Å². The second-order valence-corrected chi connectivity index (χ2v) is 9.09. The Labute approximate surface area is 211 Å². The monoisotopic (exact) mass is 492 g/mol. The molecule has 0 N–H and O–H groups in total. The first kappa shape index (κ1) is 25.4. The van der Waals surface area contributed by atoms with Crippen LogP contribution in [-0.4, -0.2) is 83.3 Å². The number of likely N-dealkylation sites (tertiary alicyclic amines) is 1. The molecule has 0 saturated carbocycles. The Kier molecular flexibility index (Phi) is 8.32. The lowest BCUT2D eigenvalue weighted by Crippen LogP contribution is -2.43. The van der Waals surface area contributed by atoms with Crippen LogP contribution in [0.25, 0.3) is 0 Å². The van der Waals surface area contributed by atoms with Crippen molar-refractivity contribution in [3.63, 3.8) is 0 Å². The zero-order valence-corrected chi connectivity index (χ0v) is 20.5. The third-order valence-corrected chi connectivity index (χ3v) is 6.45. The molecule has 0 spiro atoms. The smallest absolute Gasteiger partial charge is 0.242 e. The molecular formula is C27H32N4O5. The largest absolute Gasteiger partial charge is 0.497 e. The molecule has 2 saturated heterocycles. The summed E-state index contributed by atoms with van der Waals surface area (Å²) >= 11 is 0. The van der Waals surface area contributed by atoms with Gasteiger partial charge in [0.25, 0.3) is 0 Å². The quantitative estimate of drug-likeness (QED) is 0.497. The first-order valence-corrected chi connectivity index (χ1v) is 12.1. The summed E-state index contributed by atoms with van der Waals surface area (Å²) < 4.78 is 11.5. The van der Waals surface area contributed by atoms with Gasteiger partial charge in [-0.05, 0) is 29.8 Å². The minimum atomic E-state index is -0.480. The molecule has 0 aliphatic carbocycles. The summed E-state index contributed by atoms with van der Waals surface area (Å²) in [6.45, 7) is 5.60. The number of carbonyl (C=O) groups excluding carboxylic acids is 3. The first-order valence-electron chi connectivity index (χ1n) is 12.1. The fraction of sp³-hybridized carbons (Fsp3) is 0.407. The van der Waals surface area contributed by atoms with Crippen LogP contribution >= 0.6 is 0 Å². The van der Waals surface area contributed by atoms with Crippen LogP contribution < -0.4 is 4.74 Å². The lowest BCUT2D eigenvalue weighted by atomic mass is 10.1. The summed E-state index contributed by atoms with van der Waals surface area (Å²) in [7, 11) is 1.61. The Balaban J connectivity index is 1.50. The molecule has 9 heteroatoms. The van der Waals surface area contributed by atoms with E-state index in [-0.39, 0.29) is 37.2 Å². The van der Waals surface area contributed by atoms with Crippen LogP contribution in [0.15, 0.2) is 61.3 Å². The first-order chi connectivity index (χ1) is 17.5. The number of hydrogen-bond donors (Lipinski definition) is 0. The van der Waals surface area contributed by atoms with Crippen LogP contribution in [-0.2, 0) is 32.3 Å². The number of carbonyl (C=O) groups is 3. The molecule has 2 aliphatic heterocycles. The molecule has 190 valence electrons. The van der Waals surface area contributed by atoms with E-state index in [1.54, 1.807) is 34.1 Å². The van der Waals surface area contributed by atoms with E-state index in [0.29, 0.717) is 32.8 Å². The van der Waals surface area contributed by atoms with Gasteiger partial charge in [-0.3, -0.25) is 19.4 Å². The second-order valence-electron chi connectivity index (χ2n) is 9.09. The Morgan fingerprint density at radius 2 is 1.97 bits per heavy atom. The predicted octanol–water partition coefficient (Wildman–Crippen LogP) is 1.88. The maximum atomic E-state index is 13.4. The predicted molar refractivity (Wildman–Crippen MR) is 133 cm³/mol. The highest BCUT2D eigenvalue weighted by Crippen LogP contribution is 2.23. The number of rotatable bonds is 9. The zero-order valence-electron chi connectivity index (χ0n) is 20.5. The average Bonchev–Trinajstić information content (AvgIpc) is 3.18. The molecule has 3 amide bonds. The average molecular weight is 493 g/mol. The van der Waals surface area contributed by atoms with E-state index in [0.717, 1.165) is 17.0 Å². The fourth-order valence-electron chi connectivity index (χ4n) is 4.60. The van der Waals surface area contributed by atoms with Crippen LogP contribution in [0.3, 0.4) is 0 Å². The van der Waals surface area contributed by atoms with E-state index in [9.17, 15) is 14.4 Å². The fourth-order valence-corrected chi connectivity index (χ4v) is 4.60. The van der Waals surface area contributed by atoms with Gasteiger partial charge in [0.2, 0.25) is 17.7 Å². The number of pyridine rings is 1. The van der Waals surface area contributed by atoms with Crippen LogP contribution in [0.2, 0.25) is 0 Å². The van der Waals surface area contributed by atoms with Gasteiger partial charge >= 0.3 is 0 Å². The van der Waals surface area contributed by atoms with Gasteiger partial charge in [0.1, 0.15) is 5.75 Å². The normalized spacial score (nSPS) is 20.4. The molecule has 2 atom stereocenters. The van der Waals surface area contributed by atoms with Crippen molar-refractivity contribution in [2.75, 3.05) is 39.8 Å². The topological polar surface area (TPSA) is 92.3 Å². The summed E-state index contributed by atoms with van der Waals surface area (Å²) in [6, 6.07) is 13.2. The van der Waals surface area contributed by atoms with Gasteiger partial charge in [-0.2, -0.15) is 0 Å². The van der Waals surface area contributed by atoms with E-state index in [2.05, 4.69) is 11.6 Å². The van der Waals surface area contributed by atoms with Crippen LogP contribution in [0, 0.1) is 5.92 Å². The maximum Gasteiger partial charge on any atom is 0.242 e. The van der Waals surface area contributed by atoms with Crippen LogP contribution in [0.1, 0.15) is 17.7 Å². The minimum Gasteiger partial charge on any atom is -0.497 e. The van der Waals surface area contributed by atoms with Gasteiger partial charge < -0.3 is 24.2 Å². The van der Waals surface area contributed by atoms with Gasteiger partial charge in [0.05, 0.1) is 44.5 Å². The number of ether oxygens (including phenoxy) is 2. The zero-order chi connectivity index (χ0) is 25.5. The third-order valence-electron chi connectivity index (χ3n) is 6.45. The highest BCUT2D eigenvalue weighted by Gasteiger charge is 2.39. The van der Waals surface area contributed by atoms with Crippen molar-refractivity contribution >= 4 is 17.7 Å². The molecule has 0 bridgehead atoms. The molecule has 0 radical (unpaired) electrons. The Morgan fingerprint density at radius 1 is 1.11 bits per heavy atom. The van der Waals surface area contributed by atoms with E-state index in [1.165, 1.54) is 0 Å². The summed E-state index contributed by atoms with van der Waals surface area (Å²) in [5, 5.41) is 0. The van der Waals surface area contributed by atoms with Gasteiger partial charge in [0.15, 0.2) is 0 Å². The van der Waals surface area contributed by atoms with Crippen molar-refractivity contribution in [1.29, 1.82) is 0 Å². The number of benzene rings is 1. The molecule has 1 aromatic heterocycles. The van der Waals surface area contributed by atoms with E-state index < -0.39 is 12.0 Å². The molecular weight excluding hydrogens is 460 g/mol. The Bertz CT molecular complexity index is 1090. The molecule has 0 unspecified atom stereocenters. The maximum absolute atomic E-state index is 13.4. The van der Waals surface area contributed by atoms with Crippen molar-refractivity contribution in [2.24, 2.45) is 5.92 Å². The Morgan fingerprint density at radius 3 is 2.72 bits per heavy atom. The van der Waals surface area contributed by atoms with Crippen molar-refractivity contribution in [3.8, 4) is 5.75 Å². The molecule has 4 rings (SSSR count). The molecule has 1 aromatic carbocycles. The van der Waals surface area contributed by atoms with Crippen molar-refractivity contribution in [1.82, 2.24) is 19.7 Å². The summed E-state index contributed by atoms with van der Waals surface area (Å²) in [6.07, 6.45) is 3.08. The van der Waals surface area contributed by atoms with Gasteiger partial charge in [0, 0.05) is 38.8 Å². The van der Waals surface area contributed by atoms with Crippen molar-refractivity contribution in [2.45, 2.75) is 25.7 Å². The molecule has 36 heavy (non-hydrogen) atoms. The van der Waals surface area contributed by atoms with Crippen LogP contribution in [0.4, 0.5) is 0 Å². The van der Waals surface area contributed by atoms with Crippen molar-refractivity contribution < 1.29 is 23.9 Å². The number of aromatic nitrogens is 1. The van der Waals surface area contributed by atoms with E-state index >= 15 is 0 Å². The SMILES string of the molecule is C=CCN1C[C@@H](C(=O)N2CC(=O)N(Cc3ccccn3)C[C@@H](OCc3cccc(OC)c3)C2)CC1=O. The summed E-state index contributed by atoms with van der Waals surface area (Å²) in [4.78, 5) is 48.2. The lowest BCUT2D eigenvalue weighted by Gasteiger charge is -2.26. The lowest BCUT2D eigenvalue weighted by molar-refractivity contribution is -0.141. The molecule has 2 aliphatic rings. The summed E-state index contributed by atoms with van der Waals surface area (Å²) in [5.74, 6) is -0.189. The van der Waals surface area contributed by atoms with Gasteiger partial charge in [-0.25, -0.2) is 0 Å². The third kappa shape index (κ3) is 6.28. The number of amides is 3. The molecule has 2 aromatic rings. The standard InChI is InChI=1S/C27H32N4O5/c1-3-11-29-14-21(13-25(29)32)27(34)31-17-24(36-19-20-7-6-9-23(12-20)35-2)16-30(26(33)18-31)15-22-8-4-5-10-28-22/h3-10,12,21,24H,1,11,13-19H2,2H3/t21-,24+/m0/s1. The number of methoxy groups -OCH3 is 1. The molecule has 9 nitrogen and oxygen atoms in total. The summed E-state index contributed by atoms with van der Waals surface area (Å²) in [5.41, 5.74) is 1.69.